The highest BCUT2D eigenvalue weighted by Gasteiger charge is 2.16. The zero-order chi connectivity index (χ0) is 20.9. The number of aromatic nitrogens is 2. The normalized spacial score (nSPS) is 11.0. The number of hydrogen-bond donors (Lipinski definition) is 1. The lowest BCUT2D eigenvalue weighted by atomic mass is 9.88. The Morgan fingerprint density at radius 1 is 1.00 bits per heavy atom. The summed E-state index contributed by atoms with van der Waals surface area (Å²) < 4.78 is 1.40. The van der Waals surface area contributed by atoms with Gasteiger partial charge in [-0.2, -0.15) is 0 Å². The van der Waals surface area contributed by atoms with Crippen molar-refractivity contribution in [1.29, 1.82) is 0 Å². The van der Waals surface area contributed by atoms with E-state index in [2.05, 4.69) is 34.6 Å². The van der Waals surface area contributed by atoms with Gasteiger partial charge >= 0.3 is 0 Å². The molecular weight excluding hydrogens is 374 g/mol. The van der Waals surface area contributed by atoms with Gasteiger partial charge in [-0.15, -0.1) is 0 Å². The highest BCUT2D eigenvalue weighted by atomic mass is 16.2. The average Bonchev–Trinajstić information content (AvgIpc) is 2.78. The van der Waals surface area contributed by atoms with Crippen molar-refractivity contribution < 1.29 is 4.79 Å². The van der Waals surface area contributed by atoms with Gasteiger partial charge in [-0.1, -0.05) is 60.7 Å². The van der Waals surface area contributed by atoms with E-state index in [9.17, 15) is 9.59 Å². The lowest BCUT2D eigenvalue weighted by Crippen LogP contribution is -2.32. The minimum absolute atomic E-state index is 0.0484. The van der Waals surface area contributed by atoms with E-state index in [-0.39, 0.29) is 17.0 Å². The van der Waals surface area contributed by atoms with Crippen LogP contribution in [0.1, 0.15) is 39.4 Å². The first kappa shape index (κ1) is 19.6. The fourth-order valence-electron chi connectivity index (χ4n) is 3.65. The van der Waals surface area contributed by atoms with Crippen molar-refractivity contribution in [2.75, 3.05) is 6.54 Å². The number of amides is 1. The molecule has 0 bridgehead atoms. The third-order valence-electron chi connectivity index (χ3n) is 5.23. The van der Waals surface area contributed by atoms with Crippen LogP contribution in [0.2, 0.25) is 0 Å². The number of nitrogens with one attached hydrogen (secondary N) is 1. The van der Waals surface area contributed by atoms with Crippen molar-refractivity contribution in [2.24, 2.45) is 0 Å². The summed E-state index contributed by atoms with van der Waals surface area (Å²) in [5.41, 5.74) is 3.62. The topological polar surface area (TPSA) is 63.5 Å². The number of carbonyl (C=O) groups is 1. The standard InChI is InChI=1S/C25H23N3O2/c1-18-13-15-28-23(16-18)27-17-22(25(28)30)24(29)26-14-12-21(19-8-4-2-5-9-19)20-10-6-3-7-11-20/h2-11,13,15-17,21H,12,14H2,1H3,(H,26,29). The maximum atomic E-state index is 12.7. The Hall–Kier alpha value is -3.73. The van der Waals surface area contributed by atoms with Gasteiger partial charge < -0.3 is 5.32 Å². The van der Waals surface area contributed by atoms with Crippen LogP contribution in [0.3, 0.4) is 0 Å². The Bertz CT molecular complexity index is 1180. The predicted octanol–water partition coefficient (Wildman–Crippen LogP) is 3.95. The van der Waals surface area contributed by atoms with Crippen LogP contribution in [0.5, 0.6) is 0 Å². The molecule has 4 aromatic rings. The molecule has 1 N–H and O–H groups in total. The highest BCUT2D eigenvalue weighted by molar-refractivity contribution is 5.93. The molecule has 0 radical (unpaired) electrons. The van der Waals surface area contributed by atoms with E-state index in [1.807, 2.05) is 55.5 Å². The zero-order valence-corrected chi connectivity index (χ0v) is 16.8. The van der Waals surface area contributed by atoms with Crippen molar-refractivity contribution in [3.8, 4) is 0 Å². The molecule has 5 heteroatoms. The Morgan fingerprint density at radius 3 is 2.27 bits per heavy atom. The fourth-order valence-corrected chi connectivity index (χ4v) is 3.65. The molecule has 2 aromatic heterocycles. The zero-order valence-electron chi connectivity index (χ0n) is 16.8. The summed E-state index contributed by atoms with van der Waals surface area (Å²) in [4.78, 5) is 29.6. The molecule has 1 amide bonds. The summed E-state index contributed by atoms with van der Waals surface area (Å²) in [6, 6.07) is 24.1. The lowest BCUT2D eigenvalue weighted by molar-refractivity contribution is 0.0950. The first-order valence-electron chi connectivity index (χ1n) is 9.99. The van der Waals surface area contributed by atoms with Crippen LogP contribution in [0.4, 0.5) is 0 Å². The second-order valence-corrected chi connectivity index (χ2v) is 7.33. The molecule has 0 fully saturated rings. The number of benzene rings is 2. The van der Waals surface area contributed by atoms with Crippen molar-refractivity contribution in [2.45, 2.75) is 19.3 Å². The van der Waals surface area contributed by atoms with Crippen LogP contribution in [-0.4, -0.2) is 21.8 Å². The van der Waals surface area contributed by atoms with Gasteiger partial charge in [0.1, 0.15) is 11.2 Å². The molecule has 0 spiro atoms. The van der Waals surface area contributed by atoms with Gasteiger partial charge in [-0.25, -0.2) is 4.98 Å². The van der Waals surface area contributed by atoms with Gasteiger partial charge in [0.2, 0.25) is 0 Å². The number of fused-ring (bicyclic) bond motifs is 1. The number of pyridine rings is 1. The molecule has 0 unspecified atom stereocenters. The summed E-state index contributed by atoms with van der Waals surface area (Å²) in [6.07, 6.45) is 3.73. The summed E-state index contributed by atoms with van der Waals surface area (Å²) in [5.74, 6) is -0.242. The van der Waals surface area contributed by atoms with Gasteiger partial charge in [0, 0.05) is 24.9 Å². The predicted molar refractivity (Wildman–Crippen MR) is 118 cm³/mol. The smallest absolute Gasteiger partial charge is 0.270 e. The molecule has 2 heterocycles. The number of aryl methyl sites for hydroxylation is 1. The van der Waals surface area contributed by atoms with Crippen LogP contribution < -0.4 is 10.9 Å². The van der Waals surface area contributed by atoms with E-state index >= 15 is 0 Å². The Morgan fingerprint density at radius 2 is 1.63 bits per heavy atom. The molecule has 0 saturated carbocycles. The quantitative estimate of drug-likeness (QED) is 0.536. The van der Waals surface area contributed by atoms with E-state index in [0.717, 1.165) is 12.0 Å². The number of nitrogens with zero attached hydrogens (tertiary/aromatic N) is 2. The summed E-state index contributed by atoms with van der Waals surface area (Å²) >= 11 is 0. The van der Waals surface area contributed by atoms with E-state index in [1.54, 1.807) is 6.20 Å². The molecule has 0 saturated heterocycles. The molecular formula is C25H23N3O2. The van der Waals surface area contributed by atoms with Crippen molar-refractivity contribution in [3.63, 3.8) is 0 Å². The monoisotopic (exact) mass is 397 g/mol. The summed E-state index contributed by atoms with van der Waals surface area (Å²) in [5, 5.41) is 2.89. The number of rotatable bonds is 6. The minimum Gasteiger partial charge on any atom is -0.352 e. The van der Waals surface area contributed by atoms with Gasteiger partial charge in [0.15, 0.2) is 0 Å². The molecule has 0 aliphatic rings. The Kier molecular flexibility index (Phi) is 5.70. The highest BCUT2D eigenvalue weighted by Crippen LogP contribution is 2.27. The summed E-state index contributed by atoms with van der Waals surface area (Å²) in [7, 11) is 0. The second kappa shape index (κ2) is 8.74. The molecule has 5 nitrogen and oxygen atoms in total. The maximum absolute atomic E-state index is 12.7. The SMILES string of the molecule is Cc1ccn2c(=O)c(C(=O)NCCC(c3ccccc3)c3ccccc3)cnc2c1. The maximum Gasteiger partial charge on any atom is 0.270 e. The van der Waals surface area contributed by atoms with E-state index in [1.165, 1.54) is 21.7 Å². The third-order valence-corrected chi connectivity index (χ3v) is 5.23. The van der Waals surface area contributed by atoms with E-state index in [0.29, 0.717) is 12.2 Å². The van der Waals surface area contributed by atoms with E-state index in [4.69, 9.17) is 0 Å². The van der Waals surface area contributed by atoms with Gasteiger partial charge in [-0.3, -0.25) is 14.0 Å². The lowest BCUT2D eigenvalue weighted by Gasteiger charge is -2.18. The van der Waals surface area contributed by atoms with Crippen molar-refractivity contribution in [1.82, 2.24) is 14.7 Å². The Balaban J connectivity index is 1.50. The molecule has 2 aromatic carbocycles. The van der Waals surface area contributed by atoms with Gasteiger partial charge in [-0.05, 0) is 42.2 Å². The number of carbonyl (C=O) groups excluding carboxylic acids is 1. The van der Waals surface area contributed by atoms with Gasteiger partial charge in [0.25, 0.3) is 11.5 Å². The second-order valence-electron chi connectivity index (χ2n) is 7.33. The molecule has 30 heavy (non-hydrogen) atoms. The van der Waals surface area contributed by atoms with Crippen LogP contribution in [0.15, 0.2) is 90.0 Å². The van der Waals surface area contributed by atoms with Crippen LogP contribution in [-0.2, 0) is 0 Å². The molecule has 4 rings (SSSR count). The Labute approximate surface area is 175 Å². The molecule has 0 aliphatic carbocycles. The third kappa shape index (κ3) is 4.15. The molecule has 150 valence electrons. The van der Waals surface area contributed by atoms with Crippen molar-refractivity contribution >= 4 is 11.6 Å². The van der Waals surface area contributed by atoms with E-state index < -0.39 is 5.91 Å². The minimum atomic E-state index is -0.401. The molecule has 0 atom stereocenters. The van der Waals surface area contributed by atoms with Crippen molar-refractivity contribution in [3.05, 3.63) is 118 Å². The first-order chi connectivity index (χ1) is 14.6. The average molecular weight is 397 g/mol. The van der Waals surface area contributed by atoms with Crippen LogP contribution in [0, 0.1) is 6.92 Å². The summed E-state index contributed by atoms with van der Waals surface area (Å²) in [6.45, 7) is 2.38. The largest absolute Gasteiger partial charge is 0.352 e. The van der Waals surface area contributed by atoms with Gasteiger partial charge in [0.05, 0.1) is 0 Å². The first-order valence-corrected chi connectivity index (χ1v) is 9.99. The molecule has 0 aliphatic heterocycles. The van der Waals surface area contributed by atoms with Crippen LogP contribution in [0.25, 0.3) is 5.65 Å². The number of hydrogen-bond acceptors (Lipinski definition) is 3. The fraction of sp³-hybridized carbons (Fsp3) is 0.160. The van der Waals surface area contributed by atoms with Crippen LogP contribution >= 0.6 is 0 Å².